The van der Waals surface area contributed by atoms with E-state index < -0.39 is 9.84 Å². The summed E-state index contributed by atoms with van der Waals surface area (Å²) in [6, 6.07) is 4.25. The second-order valence-corrected chi connectivity index (χ2v) is 7.80. The summed E-state index contributed by atoms with van der Waals surface area (Å²) in [6.45, 7) is 2.20. The smallest absolute Gasteiger partial charge is 0.255 e. The van der Waals surface area contributed by atoms with Crippen LogP contribution in [-0.4, -0.2) is 52.2 Å². The number of amides is 1. The molecule has 0 radical (unpaired) electrons. The number of nitrogens with one attached hydrogen (secondary N) is 1. The Morgan fingerprint density at radius 3 is 2.81 bits per heavy atom. The van der Waals surface area contributed by atoms with E-state index in [1.165, 1.54) is 18.2 Å². The summed E-state index contributed by atoms with van der Waals surface area (Å²) in [6.07, 6.45) is 2.05. The van der Waals surface area contributed by atoms with Gasteiger partial charge in [0.05, 0.1) is 15.5 Å². The van der Waals surface area contributed by atoms with Crippen LogP contribution in [0.5, 0.6) is 0 Å². The second kappa shape index (κ2) is 6.34. The third kappa shape index (κ3) is 3.75. The quantitative estimate of drug-likeness (QED) is 0.907. The van der Waals surface area contributed by atoms with Gasteiger partial charge < -0.3 is 10.2 Å². The number of carbonyl (C=O) groups excluding carboxylic acids is 1. The first-order valence-electron chi connectivity index (χ1n) is 6.76. The summed E-state index contributed by atoms with van der Waals surface area (Å²) in [5.74, 6) is 0.222. The number of rotatable bonds is 4. The minimum Gasteiger partial charge on any atom is -0.338 e. The first-order valence-corrected chi connectivity index (χ1v) is 9.03. The molecular weight excluding hydrogens is 312 g/mol. The lowest BCUT2D eigenvalue weighted by Crippen LogP contribution is -2.30. The topological polar surface area (TPSA) is 66.5 Å². The lowest BCUT2D eigenvalue weighted by molar-refractivity contribution is 0.0787. The van der Waals surface area contributed by atoms with Crippen LogP contribution < -0.4 is 5.32 Å². The van der Waals surface area contributed by atoms with Crippen molar-refractivity contribution in [2.45, 2.75) is 11.3 Å². The molecule has 0 aliphatic carbocycles. The summed E-state index contributed by atoms with van der Waals surface area (Å²) in [4.78, 5) is 14.4. The highest BCUT2D eigenvalue weighted by atomic mass is 35.5. The van der Waals surface area contributed by atoms with Gasteiger partial charge in [0.2, 0.25) is 0 Å². The van der Waals surface area contributed by atoms with Crippen LogP contribution >= 0.6 is 11.6 Å². The summed E-state index contributed by atoms with van der Waals surface area (Å²) in [5.41, 5.74) is 0.254. The van der Waals surface area contributed by atoms with Crippen molar-refractivity contribution in [3.05, 3.63) is 28.8 Å². The highest BCUT2D eigenvalue weighted by Gasteiger charge is 2.28. The van der Waals surface area contributed by atoms with Gasteiger partial charge in [-0.3, -0.25) is 4.79 Å². The average molecular weight is 331 g/mol. The molecule has 1 heterocycles. The Kier molecular flexibility index (Phi) is 4.91. The van der Waals surface area contributed by atoms with Crippen molar-refractivity contribution >= 4 is 27.3 Å². The van der Waals surface area contributed by atoms with E-state index in [2.05, 4.69) is 5.32 Å². The van der Waals surface area contributed by atoms with Gasteiger partial charge in [-0.25, -0.2) is 8.42 Å². The number of carbonyl (C=O) groups is 1. The van der Waals surface area contributed by atoms with Crippen molar-refractivity contribution in [3.8, 4) is 0 Å². The van der Waals surface area contributed by atoms with Crippen molar-refractivity contribution in [1.29, 1.82) is 0 Å². The number of hydrogen-bond acceptors (Lipinski definition) is 4. The molecule has 116 valence electrons. The Hall–Kier alpha value is -1.11. The molecule has 1 aliphatic rings. The second-order valence-electron chi connectivity index (χ2n) is 5.38. The molecule has 1 fully saturated rings. The Morgan fingerprint density at radius 1 is 1.48 bits per heavy atom. The molecule has 0 unspecified atom stereocenters. The molecule has 0 spiro atoms. The summed E-state index contributed by atoms with van der Waals surface area (Å²) in [5, 5.41) is 3.39. The van der Waals surface area contributed by atoms with Crippen LogP contribution in [0.4, 0.5) is 0 Å². The lowest BCUT2D eigenvalue weighted by atomic mass is 10.1. The first kappa shape index (κ1) is 16.3. The molecule has 1 aliphatic heterocycles. The highest BCUT2D eigenvalue weighted by Crippen LogP contribution is 2.25. The van der Waals surface area contributed by atoms with Crippen molar-refractivity contribution in [3.63, 3.8) is 0 Å². The van der Waals surface area contributed by atoms with Gasteiger partial charge in [0.15, 0.2) is 9.84 Å². The van der Waals surface area contributed by atoms with Crippen molar-refractivity contribution in [1.82, 2.24) is 10.2 Å². The highest BCUT2D eigenvalue weighted by molar-refractivity contribution is 7.90. The van der Waals surface area contributed by atoms with E-state index in [1.807, 2.05) is 7.05 Å². The van der Waals surface area contributed by atoms with E-state index in [0.29, 0.717) is 19.0 Å². The molecule has 7 heteroatoms. The predicted molar refractivity (Wildman–Crippen MR) is 82.5 cm³/mol. The van der Waals surface area contributed by atoms with Crippen LogP contribution in [0.1, 0.15) is 16.8 Å². The van der Waals surface area contributed by atoms with Crippen LogP contribution in [0.25, 0.3) is 0 Å². The fraction of sp³-hybridized carbons (Fsp3) is 0.500. The third-order valence-electron chi connectivity index (χ3n) is 3.66. The maximum Gasteiger partial charge on any atom is 0.255 e. The fourth-order valence-corrected chi connectivity index (χ4v) is 3.39. The number of hydrogen-bond donors (Lipinski definition) is 1. The number of sulfone groups is 1. The van der Waals surface area contributed by atoms with Gasteiger partial charge >= 0.3 is 0 Å². The average Bonchev–Trinajstić information content (AvgIpc) is 2.86. The van der Waals surface area contributed by atoms with Crippen LogP contribution in [-0.2, 0) is 9.84 Å². The standard InChI is InChI=1S/C14H19ClN2O3S/c1-16-8-10-5-6-17(9-10)14(18)12-7-11(21(2,19)20)3-4-13(12)15/h3-4,7,10,16H,5-6,8-9H2,1-2H3/t10-/m0/s1. The zero-order chi connectivity index (χ0) is 15.6. The van der Waals surface area contributed by atoms with Gasteiger partial charge in [-0.15, -0.1) is 0 Å². The molecule has 5 nitrogen and oxygen atoms in total. The van der Waals surface area contributed by atoms with Gasteiger partial charge in [0.1, 0.15) is 0 Å². The monoisotopic (exact) mass is 330 g/mol. The van der Waals surface area contributed by atoms with Crippen molar-refractivity contribution < 1.29 is 13.2 Å². The van der Waals surface area contributed by atoms with Crippen LogP contribution in [0.15, 0.2) is 23.1 Å². The van der Waals surface area contributed by atoms with Crippen LogP contribution in [0.2, 0.25) is 5.02 Å². The minimum absolute atomic E-state index is 0.112. The number of benzene rings is 1. The van der Waals surface area contributed by atoms with Crippen LogP contribution in [0, 0.1) is 5.92 Å². The summed E-state index contributed by atoms with van der Waals surface area (Å²) < 4.78 is 23.2. The van der Waals surface area contributed by atoms with E-state index >= 15 is 0 Å². The molecule has 2 rings (SSSR count). The molecule has 1 saturated heterocycles. The lowest BCUT2D eigenvalue weighted by Gasteiger charge is -2.18. The molecule has 1 aromatic rings. The molecule has 1 atom stereocenters. The zero-order valence-corrected chi connectivity index (χ0v) is 13.7. The van der Waals surface area contributed by atoms with Crippen molar-refractivity contribution in [2.24, 2.45) is 5.92 Å². The largest absolute Gasteiger partial charge is 0.338 e. The molecule has 21 heavy (non-hydrogen) atoms. The molecule has 1 aromatic carbocycles. The fourth-order valence-electron chi connectivity index (χ4n) is 2.54. The Labute approximate surface area is 130 Å². The van der Waals surface area contributed by atoms with E-state index in [0.717, 1.165) is 19.2 Å². The summed E-state index contributed by atoms with van der Waals surface area (Å²) in [7, 11) is -1.47. The predicted octanol–water partition coefficient (Wildman–Crippen LogP) is 1.43. The van der Waals surface area contributed by atoms with Gasteiger partial charge in [-0.1, -0.05) is 11.6 Å². The number of likely N-dealkylation sites (tertiary alicyclic amines) is 1. The van der Waals surface area contributed by atoms with E-state index in [9.17, 15) is 13.2 Å². The normalized spacial score (nSPS) is 19.0. The SMILES string of the molecule is CNC[C@@H]1CCN(C(=O)c2cc(S(C)(=O)=O)ccc2Cl)C1. The molecule has 0 saturated carbocycles. The summed E-state index contributed by atoms with van der Waals surface area (Å²) >= 11 is 6.06. The minimum atomic E-state index is -3.36. The third-order valence-corrected chi connectivity index (χ3v) is 5.10. The molecular formula is C14H19ClN2O3S. The van der Waals surface area contributed by atoms with Gasteiger partial charge in [0.25, 0.3) is 5.91 Å². The number of halogens is 1. The molecule has 0 aromatic heterocycles. The maximum absolute atomic E-state index is 12.5. The van der Waals surface area contributed by atoms with E-state index in [4.69, 9.17) is 11.6 Å². The zero-order valence-electron chi connectivity index (χ0n) is 12.1. The molecule has 1 N–H and O–H groups in total. The number of nitrogens with zero attached hydrogens (tertiary/aromatic N) is 1. The van der Waals surface area contributed by atoms with Gasteiger partial charge in [0, 0.05) is 19.3 Å². The van der Waals surface area contributed by atoms with E-state index in [-0.39, 0.29) is 21.4 Å². The first-order chi connectivity index (χ1) is 9.82. The van der Waals surface area contributed by atoms with Gasteiger partial charge in [-0.2, -0.15) is 0 Å². The van der Waals surface area contributed by atoms with Crippen LogP contribution in [0.3, 0.4) is 0 Å². The van der Waals surface area contributed by atoms with E-state index in [1.54, 1.807) is 4.90 Å². The molecule has 1 amide bonds. The Morgan fingerprint density at radius 2 is 2.19 bits per heavy atom. The van der Waals surface area contributed by atoms with Crippen molar-refractivity contribution in [2.75, 3.05) is 32.9 Å². The molecule has 0 bridgehead atoms. The Balaban J connectivity index is 2.24. The Bertz CT molecular complexity index is 646. The maximum atomic E-state index is 12.5. The van der Waals surface area contributed by atoms with Gasteiger partial charge in [-0.05, 0) is 44.1 Å².